The summed E-state index contributed by atoms with van der Waals surface area (Å²) >= 11 is 0. The molecule has 1 aliphatic heterocycles. The molecule has 0 aliphatic carbocycles. The number of nitrogens with two attached hydrogens (primary N) is 4. The lowest BCUT2D eigenvalue weighted by Crippen LogP contribution is -2.62. The van der Waals surface area contributed by atoms with Gasteiger partial charge < -0.3 is 75.1 Å². The summed E-state index contributed by atoms with van der Waals surface area (Å²) in [5.74, 6) is -12.2. The van der Waals surface area contributed by atoms with Crippen LogP contribution < -0.4 is 54.8 Å². The Morgan fingerprint density at radius 3 is 1.86 bits per heavy atom. The lowest BCUT2D eigenvalue weighted by Gasteiger charge is -2.31. The maximum absolute atomic E-state index is 14.0. The van der Waals surface area contributed by atoms with Crippen LogP contribution in [0.5, 0.6) is 5.75 Å². The summed E-state index contributed by atoms with van der Waals surface area (Å²) in [6, 6.07) is -4.98. The number of hydrogen-bond acceptors (Lipinski definition) is 14. The smallest absolute Gasteiger partial charge is 0.328 e. The number of carboxylic acids is 2. The van der Waals surface area contributed by atoms with Gasteiger partial charge in [0.15, 0.2) is 0 Å². The number of phenols is 1. The Kier molecular flexibility index (Phi) is 20.7. The molecule has 0 saturated carbocycles. The fourth-order valence-corrected chi connectivity index (χ4v) is 6.53. The SMILES string of the molecule is CC[C@H](C)[C@H](NC(=O)[C@H](Cc1ccc(O)cc1)NC(=O)[C@@H](N)CC(=O)O)C(=O)N[C@@H](CCC(N)=O)C(=O)N[C@@H](CC(N)=O)C(=O)N[C@@H](CN)C(=O)N1CCC[C@H]1C(=O)NC(C)(C)C(=O)O. The average Bonchev–Trinajstić information content (AvgIpc) is 3.72. The number of carbonyl (C=O) groups is 11. The largest absolute Gasteiger partial charge is 0.508 e. The number of aliphatic carboxylic acids is 2. The quantitative estimate of drug-likeness (QED) is 0.0415. The number of benzene rings is 1. The van der Waals surface area contributed by atoms with Crippen LogP contribution in [0, 0.1) is 5.92 Å². The molecule has 0 unspecified atom stereocenters. The van der Waals surface area contributed by atoms with Crippen molar-refractivity contribution in [3.63, 3.8) is 0 Å². The van der Waals surface area contributed by atoms with Gasteiger partial charge in [-0.1, -0.05) is 32.4 Å². The van der Waals surface area contributed by atoms with Gasteiger partial charge in [0, 0.05) is 25.9 Å². The Morgan fingerprint density at radius 2 is 1.32 bits per heavy atom. The maximum Gasteiger partial charge on any atom is 0.328 e. The number of aromatic hydroxyl groups is 1. The minimum Gasteiger partial charge on any atom is -0.508 e. The van der Waals surface area contributed by atoms with Crippen molar-refractivity contribution in [3.8, 4) is 5.75 Å². The molecule has 0 bridgehead atoms. The van der Waals surface area contributed by atoms with Crippen LogP contribution in [-0.2, 0) is 59.2 Å². The van der Waals surface area contributed by atoms with Gasteiger partial charge >= 0.3 is 11.9 Å². The molecule has 2 rings (SSSR count). The van der Waals surface area contributed by atoms with Gasteiger partial charge in [-0.3, -0.25) is 47.9 Å². The van der Waals surface area contributed by atoms with E-state index < -0.39 is 151 Å². The Bertz CT molecular complexity index is 1950. The molecule has 1 aromatic rings. The molecule has 1 aliphatic rings. The van der Waals surface area contributed by atoms with Crippen LogP contribution >= 0.6 is 0 Å². The van der Waals surface area contributed by atoms with Crippen molar-refractivity contribution in [2.24, 2.45) is 28.9 Å². The fourth-order valence-electron chi connectivity index (χ4n) is 6.53. The summed E-state index contributed by atoms with van der Waals surface area (Å²) in [6.45, 7) is 5.29. The van der Waals surface area contributed by atoms with Gasteiger partial charge in [0.2, 0.25) is 53.2 Å². The van der Waals surface area contributed by atoms with Gasteiger partial charge in [-0.15, -0.1) is 0 Å². The second-order valence-electron chi connectivity index (χ2n) is 16.2. The van der Waals surface area contributed by atoms with Crippen molar-refractivity contribution < 1.29 is 68.1 Å². The lowest BCUT2D eigenvalue weighted by molar-refractivity contribution is -0.148. The minimum atomic E-state index is -1.80. The standard InChI is InChI=1S/C40H61N11O14/c1-5-19(2)31(49-35(60)24(15-20-8-10-21(52)11-9-20)46-32(57)22(42)16-30(55)56)37(62)45-23(12-13-28(43)53)33(58)47-25(17-29(44)54)34(59)48-26(18-41)38(63)51-14-6-7-27(51)36(61)50-40(3,4)39(64)65/h8-11,19,22-27,31,52H,5-7,12-18,41-42H2,1-4H3,(H2,43,53)(H2,44,54)(H,45,62)(H,46,57)(H,47,58)(H,48,59)(H,49,60)(H,50,61)(H,55,56)(H,64,65)/t19-,22-,23-,24-,25-,26-,27-,31-/m0/s1. The van der Waals surface area contributed by atoms with E-state index in [1.807, 2.05) is 0 Å². The number of nitrogens with one attached hydrogen (secondary N) is 6. The number of phenolic OH excluding ortho intramolecular Hbond substituents is 1. The van der Waals surface area contributed by atoms with Crippen LogP contribution in [0.3, 0.4) is 0 Å². The second-order valence-corrected chi connectivity index (χ2v) is 16.2. The summed E-state index contributed by atoms with van der Waals surface area (Å²) in [6.07, 6.45) is -1.98. The monoisotopic (exact) mass is 919 g/mol. The van der Waals surface area contributed by atoms with Crippen LogP contribution in [-0.4, -0.2) is 146 Å². The van der Waals surface area contributed by atoms with Gasteiger partial charge in [-0.05, 0) is 56.7 Å². The number of primary amides is 2. The first kappa shape index (κ1) is 54.2. The molecule has 17 N–H and O–H groups in total. The first-order valence-electron chi connectivity index (χ1n) is 20.7. The molecule has 0 aromatic heterocycles. The van der Waals surface area contributed by atoms with Gasteiger partial charge in [-0.2, -0.15) is 0 Å². The Balaban J connectivity index is 2.37. The highest BCUT2D eigenvalue weighted by atomic mass is 16.4. The van der Waals surface area contributed by atoms with Crippen molar-refractivity contribution in [3.05, 3.63) is 29.8 Å². The average molecular weight is 920 g/mol. The molecule has 0 spiro atoms. The van der Waals surface area contributed by atoms with Crippen molar-refractivity contribution in [2.75, 3.05) is 13.1 Å². The first-order valence-corrected chi connectivity index (χ1v) is 20.7. The van der Waals surface area contributed by atoms with E-state index in [9.17, 15) is 63.0 Å². The molecule has 8 atom stereocenters. The van der Waals surface area contributed by atoms with E-state index in [0.29, 0.717) is 12.0 Å². The molecular weight excluding hydrogens is 859 g/mol. The second kappa shape index (κ2) is 24.8. The van der Waals surface area contributed by atoms with Crippen molar-refractivity contribution >= 4 is 65.1 Å². The van der Waals surface area contributed by atoms with Crippen LogP contribution in [0.2, 0.25) is 0 Å². The zero-order chi connectivity index (χ0) is 49.3. The third-order valence-electron chi connectivity index (χ3n) is 10.5. The van der Waals surface area contributed by atoms with Crippen LogP contribution in [0.15, 0.2) is 24.3 Å². The number of likely N-dealkylation sites (tertiary alicyclic amines) is 1. The van der Waals surface area contributed by atoms with Crippen LogP contribution in [0.25, 0.3) is 0 Å². The molecule has 1 saturated heterocycles. The molecule has 0 radical (unpaired) electrons. The molecule has 25 nitrogen and oxygen atoms in total. The highest BCUT2D eigenvalue weighted by Crippen LogP contribution is 2.20. The first-order chi connectivity index (χ1) is 30.3. The zero-order valence-electron chi connectivity index (χ0n) is 36.6. The Morgan fingerprint density at radius 1 is 0.769 bits per heavy atom. The minimum absolute atomic E-state index is 0.0479. The lowest BCUT2D eigenvalue weighted by atomic mass is 9.96. The fraction of sp³-hybridized carbons (Fsp3) is 0.575. The highest BCUT2D eigenvalue weighted by Gasteiger charge is 2.41. The molecule has 65 heavy (non-hydrogen) atoms. The number of nitrogens with zero attached hydrogens (tertiary/aromatic N) is 1. The molecule has 9 amide bonds. The van der Waals surface area contributed by atoms with E-state index in [-0.39, 0.29) is 31.6 Å². The predicted molar refractivity (Wildman–Crippen MR) is 227 cm³/mol. The Labute approximate surface area is 373 Å². The number of carbonyl (C=O) groups excluding carboxylic acids is 9. The molecule has 360 valence electrons. The van der Waals surface area contributed by atoms with E-state index in [0.717, 1.165) is 4.90 Å². The normalized spacial score (nSPS) is 16.8. The third kappa shape index (κ3) is 17.0. The van der Waals surface area contributed by atoms with E-state index in [2.05, 4.69) is 31.9 Å². The summed E-state index contributed by atoms with van der Waals surface area (Å²) in [7, 11) is 0. The number of amides is 9. The predicted octanol–water partition coefficient (Wildman–Crippen LogP) is -4.72. The summed E-state index contributed by atoms with van der Waals surface area (Å²) in [5.41, 5.74) is 21.1. The molecule has 1 heterocycles. The highest BCUT2D eigenvalue weighted by molar-refractivity contribution is 5.99. The van der Waals surface area contributed by atoms with Gasteiger partial charge in [0.25, 0.3) is 0 Å². The van der Waals surface area contributed by atoms with E-state index in [1.165, 1.54) is 38.1 Å². The van der Waals surface area contributed by atoms with Gasteiger partial charge in [0.1, 0.15) is 47.5 Å². The van der Waals surface area contributed by atoms with E-state index in [1.54, 1.807) is 13.8 Å². The number of carboxylic acid groups (broad SMARTS) is 2. The topological polar surface area (TPSA) is 428 Å². The summed E-state index contributed by atoms with van der Waals surface area (Å²) in [5, 5.41) is 42.6. The molecule has 25 heteroatoms. The maximum atomic E-state index is 14.0. The number of hydrogen-bond donors (Lipinski definition) is 13. The van der Waals surface area contributed by atoms with Gasteiger partial charge in [0.05, 0.1) is 18.9 Å². The number of rotatable bonds is 26. The van der Waals surface area contributed by atoms with E-state index >= 15 is 0 Å². The molecule has 1 aromatic carbocycles. The van der Waals surface area contributed by atoms with Gasteiger partial charge in [-0.25, -0.2) is 4.79 Å². The zero-order valence-corrected chi connectivity index (χ0v) is 36.6. The van der Waals surface area contributed by atoms with Crippen molar-refractivity contribution in [2.45, 2.75) is 127 Å². The summed E-state index contributed by atoms with van der Waals surface area (Å²) in [4.78, 5) is 143. The molecule has 1 fully saturated rings. The van der Waals surface area contributed by atoms with E-state index in [4.69, 9.17) is 28.0 Å². The molecular formula is C40H61N11O14. The summed E-state index contributed by atoms with van der Waals surface area (Å²) < 4.78 is 0. The van der Waals surface area contributed by atoms with Crippen LogP contribution in [0.1, 0.15) is 78.2 Å². The van der Waals surface area contributed by atoms with Crippen molar-refractivity contribution in [1.82, 2.24) is 36.8 Å². The Hall–Kier alpha value is -6.89. The van der Waals surface area contributed by atoms with Crippen molar-refractivity contribution in [1.29, 1.82) is 0 Å². The third-order valence-corrected chi connectivity index (χ3v) is 10.5. The van der Waals surface area contributed by atoms with Crippen LogP contribution in [0.4, 0.5) is 0 Å².